The van der Waals surface area contributed by atoms with Crippen LogP contribution >= 0.6 is 23.6 Å². The second-order valence-corrected chi connectivity index (χ2v) is 7.36. The third-order valence-electron chi connectivity index (χ3n) is 4.47. The molecule has 1 atom stereocenters. The second-order valence-electron chi connectivity index (χ2n) is 5.99. The number of nitrogens with one attached hydrogen (secondary N) is 1. The van der Waals surface area contributed by atoms with Crippen molar-refractivity contribution >= 4 is 40.3 Å². The third kappa shape index (κ3) is 3.19. The highest BCUT2D eigenvalue weighted by Gasteiger charge is 2.35. The zero-order chi connectivity index (χ0) is 18.1. The van der Waals surface area contributed by atoms with Gasteiger partial charge in [-0.25, -0.2) is 4.79 Å². The van der Waals surface area contributed by atoms with E-state index in [0.29, 0.717) is 10.7 Å². The zero-order valence-corrected chi connectivity index (χ0v) is 16.3. The summed E-state index contributed by atoms with van der Waals surface area (Å²) in [5.74, 6) is -0.347. The number of anilines is 1. The lowest BCUT2D eigenvalue weighted by Gasteiger charge is -2.37. The highest BCUT2D eigenvalue weighted by molar-refractivity contribution is 7.80. The van der Waals surface area contributed by atoms with E-state index in [1.165, 1.54) is 18.2 Å². The second kappa shape index (κ2) is 6.98. The van der Waals surface area contributed by atoms with Gasteiger partial charge in [0.15, 0.2) is 5.11 Å². The van der Waals surface area contributed by atoms with Crippen LogP contribution < -0.4 is 10.2 Å². The molecule has 0 aliphatic carbocycles. The van der Waals surface area contributed by atoms with Crippen LogP contribution in [0, 0.1) is 13.8 Å². The number of nitrogens with zero attached hydrogens (tertiary/aromatic N) is 1. The molecule has 0 radical (unpaired) electrons. The van der Waals surface area contributed by atoms with Crippen molar-refractivity contribution in [1.29, 1.82) is 0 Å². The van der Waals surface area contributed by atoms with Crippen molar-refractivity contribution in [3.63, 3.8) is 0 Å². The molecule has 130 valence electrons. The van der Waals surface area contributed by atoms with E-state index in [2.05, 4.69) is 31.3 Å². The van der Waals surface area contributed by atoms with E-state index in [-0.39, 0.29) is 12.0 Å². The van der Waals surface area contributed by atoms with Gasteiger partial charge in [0.2, 0.25) is 0 Å². The van der Waals surface area contributed by atoms with Crippen LogP contribution in [0.15, 0.2) is 47.0 Å². The zero-order valence-electron chi connectivity index (χ0n) is 14.6. The molecule has 0 saturated heterocycles. The van der Waals surface area contributed by atoms with Crippen LogP contribution in [0.4, 0.5) is 5.69 Å². The smallest absolute Gasteiger partial charge is 0.338 e. The third-order valence-corrected chi connectivity index (χ3v) is 5.70. The van der Waals surface area contributed by atoms with E-state index >= 15 is 0 Å². The average molecular weight is 373 g/mol. The van der Waals surface area contributed by atoms with Crippen molar-refractivity contribution in [2.75, 3.05) is 12.0 Å². The topological polar surface area (TPSA) is 41.6 Å². The van der Waals surface area contributed by atoms with Gasteiger partial charge >= 0.3 is 5.97 Å². The van der Waals surface area contributed by atoms with Crippen molar-refractivity contribution in [3.8, 4) is 0 Å². The number of esters is 1. The molecule has 2 heterocycles. The predicted molar refractivity (Wildman–Crippen MR) is 106 cm³/mol. The number of thiophene rings is 1. The van der Waals surface area contributed by atoms with Gasteiger partial charge in [-0.05, 0) is 67.7 Å². The molecule has 2 aromatic rings. The molecule has 3 rings (SSSR count). The summed E-state index contributed by atoms with van der Waals surface area (Å²) in [5.41, 5.74) is 4.69. The van der Waals surface area contributed by atoms with Crippen LogP contribution in [0.2, 0.25) is 0 Å². The molecule has 4 nitrogen and oxygen atoms in total. The first-order valence-electron chi connectivity index (χ1n) is 7.94. The SMILES string of the molecule is COC(=O)C1=C(C)N(c2ccc(C)c(C)c2)C(=S)N[C@@H]1c1cccs1. The first kappa shape index (κ1) is 17.6. The summed E-state index contributed by atoms with van der Waals surface area (Å²) >= 11 is 7.21. The van der Waals surface area contributed by atoms with Gasteiger partial charge in [-0.2, -0.15) is 0 Å². The van der Waals surface area contributed by atoms with E-state index in [4.69, 9.17) is 17.0 Å². The minimum Gasteiger partial charge on any atom is -0.466 e. The Morgan fingerprint density at radius 2 is 2.00 bits per heavy atom. The van der Waals surface area contributed by atoms with Crippen molar-refractivity contribution in [2.45, 2.75) is 26.8 Å². The number of hydrogen-bond acceptors (Lipinski definition) is 4. The van der Waals surface area contributed by atoms with Gasteiger partial charge in [-0.3, -0.25) is 4.90 Å². The fraction of sp³-hybridized carbons (Fsp3) is 0.263. The Morgan fingerprint density at radius 1 is 1.24 bits per heavy atom. The molecule has 1 N–H and O–H groups in total. The average Bonchev–Trinajstić information content (AvgIpc) is 3.11. The molecule has 0 unspecified atom stereocenters. The monoisotopic (exact) mass is 372 g/mol. The predicted octanol–water partition coefficient (Wildman–Crippen LogP) is 4.25. The summed E-state index contributed by atoms with van der Waals surface area (Å²) in [4.78, 5) is 15.4. The molecule has 0 bridgehead atoms. The Kier molecular flexibility index (Phi) is 4.92. The van der Waals surface area contributed by atoms with E-state index in [9.17, 15) is 4.79 Å². The van der Waals surface area contributed by atoms with Gasteiger partial charge in [0.05, 0.1) is 18.7 Å². The highest BCUT2D eigenvalue weighted by atomic mass is 32.1. The number of ether oxygens (including phenoxy) is 1. The molecule has 0 spiro atoms. The number of hydrogen-bond donors (Lipinski definition) is 1. The van der Waals surface area contributed by atoms with Crippen LogP contribution in [0.25, 0.3) is 0 Å². The summed E-state index contributed by atoms with van der Waals surface area (Å²) in [6.45, 7) is 6.05. The fourth-order valence-electron chi connectivity index (χ4n) is 2.96. The van der Waals surface area contributed by atoms with Crippen molar-refractivity contribution in [2.24, 2.45) is 0 Å². The van der Waals surface area contributed by atoms with E-state index in [1.54, 1.807) is 11.3 Å². The maximum absolute atomic E-state index is 12.5. The minimum absolute atomic E-state index is 0.289. The Balaban J connectivity index is 2.14. The number of carbonyl (C=O) groups excluding carboxylic acids is 1. The van der Waals surface area contributed by atoms with Crippen LogP contribution in [0.5, 0.6) is 0 Å². The molecule has 0 saturated carbocycles. The van der Waals surface area contributed by atoms with E-state index in [1.807, 2.05) is 35.4 Å². The summed E-state index contributed by atoms with van der Waals surface area (Å²) in [6, 6.07) is 9.82. The quantitative estimate of drug-likeness (QED) is 0.644. The first-order valence-corrected chi connectivity index (χ1v) is 9.23. The lowest BCUT2D eigenvalue weighted by Crippen LogP contribution is -2.47. The number of carbonyl (C=O) groups is 1. The first-order chi connectivity index (χ1) is 11.9. The molecule has 6 heteroatoms. The lowest BCUT2D eigenvalue weighted by molar-refractivity contribution is -0.136. The summed E-state index contributed by atoms with van der Waals surface area (Å²) in [6.07, 6.45) is 0. The van der Waals surface area contributed by atoms with E-state index in [0.717, 1.165) is 16.3 Å². The number of allylic oxidation sites excluding steroid dienone is 1. The maximum atomic E-state index is 12.5. The van der Waals surface area contributed by atoms with Crippen LogP contribution in [0.1, 0.15) is 29.0 Å². The van der Waals surface area contributed by atoms with Crippen LogP contribution in [0.3, 0.4) is 0 Å². The standard InChI is InChI=1S/C19H20N2O2S2/c1-11-7-8-14(10-12(11)2)21-13(3)16(18(22)23-4)17(20-19(21)24)15-6-5-9-25-15/h5-10,17H,1-4H3,(H,20,24)/t17-/m1/s1. The minimum atomic E-state index is -0.347. The lowest BCUT2D eigenvalue weighted by atomic mass is 10.00. The Bertz CT molecular complexity index is 856. The van der Waals surface area contributed by atoms with Crippen molar-refractivity contribution in [1.82, 2.24) is 5.32 Å². The molecule has 0 fully saturated rings. The molecular formula is C19H20N2O2S2. The summed E-state index contributed by atoms with van der Waals surface area (Å²) in [7, 11) is 1.40. The summed E-state index contributed by atoms with van der Waals surface area (Å²) < 4.78 is 5.05. The van der Waals surface area contributed by atoms with Gasteiger partial charge in [-0.15, -0.1) is 11.3 Å². The molecule has 1 aromatic heterocycles. The van der Waals surface area contributed by atoms with Crippen LogP contribution in [-0.4, -0.2) is 18.2 Å². The van der Waals surface area contributed by atoms with Gasteiger partial charge < -0.3 is 10.1 Å². The maximum Gasteiger partial charge on any atom is 0.338 e. The van der Waals surface area contributed by atoms with Crippen LogP contribution in [-0.2, 0) is 9.53 Å². The Labute approximate surface area is 157 Å². The van der Waals surface area contributed by atoms with Gasteiger partial charge in [0, 0.05) is 16.3 Å². The van der Waals surface area contributed by atoms with Crippen molar-refractivity contribution < 1.29 is 9.53 Å². The number of thiocarbonyl (C=S) groups is 1. The molecule has 1 aliphatic heterocycles. The van der Waals surface area contributed by atoms with Gasteiger partial charge in [0.25, 0.3) is 0 Å². The number of methoxy groups -OCH3 is 1. The molecular weight excluding hydrogens is 352 g/mol. The molecule has 1 aliphatic rings. The fourth-order valence-corrected chi connectivity index (χ4v) is 4.11. The number of benzene rings is 1. The Hall–Kier alpha value is -2.18. The number of rotatable bonds is 3. The molecule has 1 aromatic carbocycles. The van der Waals surface area contributed by atoms with Gasteiger partial charge in [-0.1, -0.05) is 12.1 Å². The number of aryl methyl sites for hydroxylation is 2. The van der Waals surface area contributed by atoms with Gasteiger partial charge in [0.1, 0.15) is 0 Å². The molecule has 0 amide bonds. The highest BCUT2D eigenvalue weighted by Crippen LogP contribution is 2.36. The van der Waals surface area contributed by atoms with E-state index < -0.39 is 0 Å². The molecule has 25 heavy (non-hydrogen) atoms. The largest absolute Gasteiger partial charge is 0.466 e. The Morgan fingerprint density at radius 3 is 2.60 bits per heavy atom. The normalized spacial score (nSPS) is 17.5. The van der Waals surface area contributed by atoms with Crippen molar-refractivity contribution in [3.05, 3.63) is 63.0 Å². The summed E-state index contributed by atoms with van der Waals surface area (Å²) in [5, 5.41) is 5.87.